The molecule has 7 nitrogen and oxygen atoms in total. The first-order valence-electron chi connectivity index (χ1n) is 13.3. The molecule has 0 radical (unpaired) electrons. The van der Waals surface area contributed by atoms with Gasteiger partial charge in [-0.3, -0.25) is 0 Å². The molecule has 202 valence electrons. The number of benzene rings is 2. The van der Waals surface area contributed by atoms with E-state index in [0.29, 0.717) is 33.7 Å². The molecular formula is C31H33FN4O3. The lowest BCUT2D eigenvalue weighted by Gasteiger charge is -2.38. The van der Waals surface area contributed by atoms with Crippen molar-refractivity contribution in [2.75, 3.05) is 32.1 Å². The summed E-state index contributed by atoms with van der Waals surface area (Å²) in [7, 11) is 2.10. The third-order valence-electron chi connectivity index (χ3n) is 7.54. The summed E-state index contributed by atoms with van der Waals surface area (Å²) in [5.74, 6) is -0.293. The Balaban J connectivity index is 1.37. The molecule has 4 aromatic rings. The van der Waals surface area contributed by atoms with E-state index in [1.165, 1.54) is 6.07 Å². The smallest absolute Gasteiger partial charge is 0.338 e. The number of aromatic nitrogens is 2. The van der Waals surface area contributed by atoms with Crippen LogP contribution in [0.1, 0.15) is 42.7 Å². The van der Waals surface area contributed by atoms with Crippen molar-refractivity contribution in [3.8, 4) is 11.1 Å². The molecule has 2 aromatic heterocycles. The minimum absolute atomic E-state index is 0.128. The van der Waals surface area contributed by atoms with Gasteiger partial charge in [0.15, 0.2) is 0 Å². The number of likely N-dealkylation sites (tertiary alicyclic amines) is 1. The van der Waals surface area contributed by atoms with Gasteiger partial charge in [-0.2, -0.15) is 0 Å². The number of carbonyl (C=O) groups is 1. The van der Waals surface area contributed by atoms with Gasteiger partial charge in [0, 0.05) is 17.6 Å². The topological polar surface area (TPSA) is 87.6 Å². The number of ether oxygens (including phenoxy) is 1. The van der Waals surface area contributed by atoms with Crippen LogP contribution in [-0.4, -0.2) is 52.7 Å². The summed E-state index contributed by atoms with van der Waals surface area (Å²) >= 11 is 0. The molecule has 39 heavy (non-hydrogen) atoms. The van der Waals surface area contributed by atoms with Crippen molar-refractivity contribution < 1.29 is 19.0 Å². The number of halogens is 1. The summed E-state index contributed by atoms with van der Waals surface area (Å²) in [5, 5.41) is 15.3. The zero-order chi connectivity index (χ0) is 27.6. The maximum Gasteiger partial charge on any atom is 0.338 e. The largest absolute Gasteiger partial charge is 0.462 e. The van der Waals surface area contributed by atoms with Crippen LogP contribution in [0.4, 0.5) is 15.9 Å². The molecule has 1 fully saturated rings. The Labute approximate surface area is 227 Å². The quantitative estimate of drug-likeness (QED) is 0.289. The molecule has 0 unspecified atom stereocenters. The lowest BCUT2D eigenvalue weighted by molar-refractivity contribution is -0.0334. The Morgan fingerprint density at radius 1 is 1.13 bits per heavy atom. The molecule has 2 aromatic carbocycles. The number of nitrogens with one attached hydrogen (secondary N) is 1. The van der Waals surface area contributed by atoms with Crippen LogP contribution in [0.25, 0.3) is 22.0 Å². The van der Waals surface area contributed by atoms with Gasteiger partial charge in [0.1, 0.15) is 17.2 Å². The minimum Gasteiger partial charge on any atom is -0.462 e. The number of aliphatic hydroxyl groups is 1. The maximum absolute atomic E-state index is 15.1. The second kappa shape index (κ2) is 11.1. The predicted molar refractivity (Wildman–Crippen MR) is 150 cm³/mol. The molecule has 0 saturated carbocycles. The molecule has 3 heterocycles. The van der Waals surface area contributed by atoms with Crippen LogP contribution in [0.2, 0.25) is 0 Å². The number of fused-ring (bicyclic) bond motifs is 1. The van der Waals surface area contributed by atoms with Crippen molar-refractivity contribution in [2.24, 2.45) is 5.92 Å². The first kappa shape index (κ1) is 26.7. The Hall–Kier alpha value is -3.88. The molecule has 2 N–H and O–H groups in total. The number of esters is 1. The molecule has 0 amide bonds. The number of hydrogen-bond acceptors (Lipinski definition) is 7. The van der Waals surface area contributed by atoms with Crippen molar-refractivity contribution in [1.29, 1.82) is 0 Å². The summed E-state index contributed by atoms with van der Waals surface area (Å²) in [6.07, 6.45) is 3.51. The van der Waals surface area contributed by atoms with Crippen LogP contribution < -0.4 is 5.32 Å². The fourth-order valence-electron chi connectivity index (χ4n) is 5.12. The number of hydrogen-bond donors (Lipinski definition) is 2. The number of anilines is 2. The molecule has 1 atom stereocenters. The summed E-state index contributed by atoms with van der Waals surface area (Å²) in [5.41, 5.74) is 2.29. The lowest BCUT2D eigenvalue weighted by Crippen LogP contribution is -2.41. The SMILES string of the molecule is CCOC(=O)c1cccc(-c2ccc(Nc3cc4nc([C@](C)(O)C5CCN(C)CC5)ccc4cn3)c(F)c2)c1. The van der Waals surface area contributed by atoms with Gasteiger partial charge in [-0.15, -0.1) is 0 Å². The van der Waals surface area contributed by atoms with Gasteiger partial charge in [0.2, 0.25) is 0 Å². The monoisotopic (exact) mass is 528 g/mol. The van der Waals surface area contributed by atoms with E-state index < -0.39 is 17.4 Å². The summed E-state index contributed by atoms with van der Waals surface area (Å²) in [6.45, 7) is 5.79. The molecule has 1 saturated heterocycles. The van der Waals surface area contributed by atoms with E-state index in [-0.39, 0.29) is 18.2 Å². The third-order valence-corrected chi connectivity index (χ3v) is 7.54. The van der Waals surface area contributed by atoms with Gasteiger partial charge in [0.05, 0.1) is 29.1 Å². The van der Waals surface area contributed by atoms with Crippen molar-refractivity contribution >= 4 is 28.4 Å². The molecule has 5 rings (SSSR count). The van der Waals surface area contributed by atoms with Gasteiger partial charge < -0.3 is 20.1 Å². The second-order valence-corrected chi connectivity index (χ2v) is 10.3. The molecule has 1 aliphatic heterocycles. The Kier molecular flexibility index (Phi) is 7.59. The molecule has 0 bridgehead atoms. The number of nitrogens with zero attached hydrogens (tertiary/aromatic N) is 3. The zero-order valence-corrected chi connectivity index (χ0v) is 22.4. The summed E-state index contributed by atoms with van der Waals surface area (Å²) in [6, 6.07) is 17.3. The molecule has 0 spiro atoms. The minimum atomic E-state index is -1.04. The van der Waals surface area contributed by atoms with E-state index in [0.717, 1.165) is 31.3 Å². The van der Waals surface area contributed by atoms with E-state index in [9.17, 15) is 9.90 Å². The van der Waals surface area contributed by atoms with Gasteiger partial charge >= 0.3 is 5.97 Å². The van der Waals surface area contributed by atoms with Gasteiger partial charge in [-0.05, 0) is 100 Å². The highest BCUT2D eigenvalue weighted by molar-refractivity contribution is 5.91. The van der Waals surface area contributed by atoms with Crippen LogP contribution in [-0.2, 0) is 10.3 Å². The number of piperidine rings is 1. The number of rotatable bonds is 7. The number of pyridine rings is 2. The van der Waals surface area contributed by atoms with Crippen LogP contribution in [0.5, 0.6) is 0 Å². The highest BCUT2D eigenvalue weighted by Gasteiger charge is 2.36. The summed E-state index contributed by atoms with van der Waals surface area (Å²) < 4.78 is 20.2. The van der Waals surface area contributed by atoms with Crippen molar-refractivity contribution in [1.82, 2.24) is 14.9 Å². The Morgan fingerprint density at radius 2 is 1.90 bits per heavy atom. The van der Waals surface area contributed by atoms with Crippen LogP contribution in [0.15, 0.2) is 66.9 Å². The molecular weight excluding hydrogens is 495 g/mol. The third kappa shape index (κ3) is 5.77. The standard InChI is InChI=1S/C31H33FN4O3/c1-4-39-30(37)22-7-5-6-20(16-22)21-8-10-26(25(32)17-21)35-29-18-27-23(19-33-29)9-11-28(34-27)31(2,38)24-12-14-36(3)15-13-24/h5-11,16-19,24,38H,4,12-15H2,1-3H3,(H,33,35)/t31-/m1/s1. The van der Waals surface area contributed by atoms with Crippen molar-refractivity contribution in [3.63, 3.8) is 0 Å². The highest BCUT2D eigenvalue weighted by Crippen LogP contribution is 2.36. The zero-order valence-electron chi connectivity index (χ0n) is 22.4. The van der Waals surface area contributed by atoms with Gasteiger partial charge in [0.25, 0.3) is 0 Å². The van der Waals surface area contributed by atoms with Crippen LogP contribution in [0, 0.1) is 11.7 Å². The molecule has 1 aliphatic rings. The Bertz CT molecular complexity index is 1500. The average Bonchev–Trinajstić information content (AvgIpc) is 2.94. The van der Waals surface area contributed by atoms with Crippen molar-refractivity contribution in [3.05, 3.63) is 83.9 Å². The molecule has 8 heteroatoms. The number of carbonyl (C=O) groups excluding carboxylic acids is 1. The first-order valence-corrected chi connectivity index (χ1v) is 13.3. The van der Waals surface area contributed by atoms with E-state index in [2.05, 4.69) is 22.2 Å². The van der Waals surface area contributed by atoms with Crippen LogP contribution >= 0.6 is 0 Å². The fourth-order valence-corrected chi connectivity index (χ4v) is 5.12. The second-order valence-electron chi connectivity index (χ2n) is 10.3. The van der Waals surface area contributed by atoms with E-state index in [4.69, 9.17) is 9.72 Å². The van der Waals surface area contributed by atoms with E-state index >= 15 is 4.39 Å². The first-order chi connectivity index (χ1) is 18.7. The van der Waals surface area contributed by atoms with E-state index in [1.54, 1.807) is 49.5 Å². The molecule has 0 aliphatic carbocycles. The normalized spacial score (nSPS) is 16.1. The summed E-state index contributed by atoms with van der Waals surface area (Å²) in [4.78, 5) is 23.6. The van der Waals surface area contributed by atoms with Crippen LogP contribution in [0.3, 0.4) is 0 Å². The Morgan fingerprint density at radius 3 is 2.64 bits per heavy atom. The lowest BCUT2D eigenvalue weighted by atomic mass is 9.79. The maximum atomic E-state index is 15.1. The predicted octanol–water partition coefficient (Wildman–Crippen LogP) is 5.91. The highest BCUT2D eigenvalue weighted by atomic mass is 19.1. The van der Waals surface area contributed by atoms with E-state index in [1.807, 2.05) is 25.1 Å². The van der Waals surface area contributed by atoms with Crippen molar-refractivity contribution in [2.45, 2.75) is 32.3 Å². The average molecular weight is 529 g/mol. The van der Waals surface area contributed by atoms with Gasteiger partial charge in [-0.25, -0.2) is 19.2 Å². The fraction of sp³-hybridized carbons (Fsp3) is 0.323. The van der Waals surface area contributed by atoms with Gasteiger partial charge in [-0.1, -0.05) is 18.2 Å².